The Morgan fingerprint density at radius 2 is 1.88 bits per heavy atom. The largest absolute Gasteiger partial charge is 0.495 e. The standard InChI is InChI=1S/C15H9Br2ClF3NO2/c1-24-13-9(5-8(16)6-10(13)17)14(23)22-12-3-2-7(4-11(12)18)15(19,20)21/h2-6H,1H3,(H,22,23). The van der Waals surface area contributed by atoms with Gasteiger partial charge in [0, 0.05) is 4.47 Å². The first kappa shape index (κ1) is 19.1. The van der Waals surface area contributed by atoms with Crippen LogP contribution in [0.5, 0.6) is 5.75 Å². The molecule has 0 aliphatic carbocycles. The first-order chi connectivity index (χ1) is 11.1. The number of hydrogen-bond acceptors (Lipinski definition) is 2. The molecule has 0 bridgehead atoms. The van der Waals surface area contributed by atoms with Crippen LogP contribution in [0.15, 0.2) is 39.3 Å². The molecule has 0 atom stereocenters. The van der Waals surface area contributed by atoms with E-state index in [1.165, 1.54) is 13.2 Å². The van der Waals surface area contributed by atoms with E-state index in [1.807, 2.05) is 0 Å². The van der Waals surface area contributed by atoms with Gasteiger partial charge in [-0.05, 0) is 46.3 Å². The number of anilines is 1. The van der Waals surface area contributed by atoms with E-state index >= 15 is 0 Å². The number of halogens is 6. The predicted molar refractivity (Wildman–Crippen MR) is 92.8 cm³/mol. The fourth-order valence-electron chi connectivity index (χ4n) is 1.92. The Balaban J connectivity index is 2.34. The molecule has 9 heteroatoms. The SMILES string of the molecule is COc1c(Br)cc(Br)cc1C(=O)Nc1ccc(C(F)(F)F)cc1Cl. The van der Waals surface area contributed by atoms with E-state index in [1.54, 1.807) is 6.07 Å². The van der Waals surface area contributed by atoms with Crippen molar-refractivity contribution >= 4 is 55.1 Å². The first-order valence-corrected chi connectivity index (χ1v) is 8.31. The second-order valence-corrected chi connectivity index (χ2v) is 6.79. The maximum atomic E-state index is 12.6. The highest BCUT2D eigenvalue weighted by atomic mass is 79.9. The number of nitrogens with one attached hydrogen (secondary N) is 1. The maximum absolute atomic E-state index is 12.6. The molecule has 1 amide bonds. The topological polar surface area (TPSA) is 38.3 Å². The van der Waals surface area contributed by atoms with Gasteiger partial charge in [0.25, 0.3) is 5.91 Å². The molecule has 0 radical (unpaired) electrons. The Hall–Kier alpha value is -1.25. The molecule has 2 aromatic rings. The Labute approximate surface area is 157 Å². The zero-order valence-electron chi connectivity index (χ0n) is 12.0. The molecule has 1 N–H and O–H groups in total. The second kappa shape index (κ2) is 7.33. The number of rotatable bonds is 3. The molecule has 0 fully saturated rings. The lowest BCUT2D eigenvalue weighted by Crippen LogP contribution is -2.14. The Kier molecular flexibility index (Phi) is 5.83. The molecule has 2 rings (SSSR count). The third kappa shape index (κ3) is 4.23. The van der Waals surface area contributed by atoms with Crippen molar-refractivity contribution in [2.45, 2.75) is 6.18 Å². The van der Waals surface area contributed by atoms with Crippen molar-refractivity contribution in [2.24, 2.45) is 0 Å². The number of benzene rings is 2. The van der Waals surface area contributed by atoms with E-state index < -0.39 is 17.6 Å². The van der Waals surface area contributed by atoms with Crippen LogP contribution >= 0.6 is 43.5 Å². The zero-order chi connectivity index (χ0) is 18.1. The summed E-state index contributed by atoms with van der Waals surface area (Å²) in [5, 5.41) is 2.26. The highest BCUT2D eigenvalue weighted by Gasteiger charge is 2.31. The van der Waals surface area contributed by atoms with Crippen molar-refractivity contribution < 1.29 is 22.7 Å². The number of ether oxygens (including phenoxy) is 1. The van der Waals surface area contributed by atoms with Gasteiger partial charge in [-0.3, -0.25) is 4.79 Å². The minimum atomic E-state index is -4.51. The number of hydrogen-bond donors (Lipinski definition) is 1. The van der Waals surface area contributed by atoms with Crippen LogP contribution in [0, 0.1) is 0 Å². The molecule has 24 heavy (non-hydrogen) atoms. The van der Waals surface area contributed by atoms with Crippen molar-refractivity contribution in [2.75, 3.05) is 12.4 Å². The molecule has 0 aliphatic heterocycles. The van der Waals surface area contributed by atoms with E-state index in [0.717, 1.165) is 18.2 Å². The average molecular weight is 487 g/mol. The summed E-state index contributed by atoms with van der Waals surface area (Å²) in [5.74, 6) is -0.283. The minimum Gasteiger partial charge on any atom is -0.495 e. The van der Waals surface area contributed by atoms with E-state index in [2.05, 4.69) is 37.2 Å². The third-order valence-corrected chi connectivity index (χ3v) is 4.36. The average Bonchev–Trinajstić information content (AvgIpc) is 2.47. The minimum absolute atomic E-state index is 0.0628. The van der Waals surface area contributed by atoms with Gasteiger partial charge in [0.05, 0.1) is 33.4 Å². The van der Waals surface area contributed by atoms with Crippen LogP contribution in [0.2, 0.25) is 5.02 Å². The quantitative estimate of drug-likeness (QED) is 0.565. The summed E-state index contributed by atoms with van der Waals surface area (Å²) < 4.78 is 44.3. The van der Waals surface area contributed by atoms with E-state index in [-0.39, 0.29) is 16.3 Å². The number of carbonyl (C=O) groups excluding carboxylic acids is 1. The lowest BCUT2D eigenvalue weighted by molar-refractivity contribution is -0.137. The summed E-state index contributed by atoms with van der Waals surface area (Å²) >= 11 is 12.4. The normalized spacial score (nSPS) is 11.3. The molecule has 128 valence electrons. The van der Waals surface area contributed by atoms with E-state index in [9.17, 15) is 18.0 Å². The number of alkyl halides is 3. The van der Waals surface area contributed by atoms with E-state index in [0.29, 0.717) is 14.7 Å². The summed E-state index contributed by atoms with van der Waals surface area (Å²) in [6, 6.07) is 5.92. The fraction of sp³-hybridized carbons (Fsp3) is 0.133. The monoisotopic (exact) mass is 485 g/mol. The lowest BCUT2D eigenvalue weighted by atomic mass is 10.1. The summed E-state index contributed by atoms with van der Waals surface area (Å²) in [5.41, 5.74) is -0.643. The van der Waals surface area contributed by atoms with Gasteiger partial charge in [-0.25, -0.2) is 0 Å². The van der Waals surface area contributed by atoms with Gasteiger partial charge in [-0.2, -0.15) is 13.2 Å². The summed E-state index contributed by atoms with van der Waals surface area (Å²) in [6.07, 6.45) is -4.51. The molecule has 0 saturated carbocycles. The van der Waals surface area contributed by atoms with Crippen LogP contribution in [0.25, 0.3) is 0 Å². The highest BCUT2D eigenvalue weighted by Crippen LogP contribution is 2.36. The van der Waals surface area contributed by atoms with Crippen LogP contribution in [0.4, 0.5) is 18.9 Å². The molecule has 2 aromatic carbocycles. The maximum Gasteiger partial charge on any atom is 0.416 e. The van der Waals surface area contributed by atoms with Gasteiger partial charge in [-0.1, -0.05) is 27.5 Å². The van der Waals surface area contributed by atoms with Gasteiger partial charge >= 0.3 is 6.18 Å². The van der Waals surface area contributed by atoms with Crippen molar-refractivity contribution in [1.82, 2.24) is 0 Å². The predicted octanol–water partition coefficient (Wildman–Crippen LogP) is 6.14. The summed E-state index contributed by atoms with van der Waals surface area (Å²) in [6.45, 7) is 0. The molecule has 0 aliphatic rings. The van der Waals surface area contributed by atoms with E-state index in [4.69, 9.17) is 16.3 Å². The first-order valence-electron chi connectivity index (χ1n) is 6.34. The van der Waals surface area contributed by atoms with Crippen molar-refractivity contribution in [3.63, 3.8) is 0 Å². The van der Waals surface area contributed by atoms with Crippen LogP contribution in [0.3, 0.4) is 0 Å². The molecule has 0 aromatic heterocycles. The Morgan fingerprint density at radius 1 is 1.21 bits per heavy atom. The Morgan fingerprint density at radius 3 is 2.42 bits per heavy atom. The number of carbonyl (C=O) groups is 1. The van der Waals surface area contributed by atoms with Crippen molar-refractivity contribution in [3.8, 4) is 5.75 Å². The summed E-state index contributed by atoms with van der Waals surface area (Å²) in [7, 11) is 1.40. The van der Waals surface area contributed by atoms with Crippen molar-refractivity contribution in [3.05, 3.63) is 55.4 Å². The van der Waals surface area contributed by atoms with Crippen LogP contribution in [-0.2, 0) is 6.18 Å². The lowest BCUT2D eigenvalue weighted by Gasteiger charge is -2.13. The van der Waals surface area contributed by atoms with Gasteiger partial charge in [0.1, 0.15) is 5.75 Å². The molecular formula is C15H9Br2ClF3NO2. The molecular weight excluding hydrogens is 478 g/mol. The molecule has 3 nitrogen and oxygen atoms in total. The van der Waals surface area contributed by atoms with Gasteiger partial charge in [0.15, 0.2) is 0 Å². The van der Waals surface area contributed by atoms with Crippen molar-refractivity contribution in [1.29, 1.82) is 0 Å². The Bertz CT molecular complexity index is 797. The smallest absolute Gasteiger partial charge is 0.416 e. The fourth-order valence-corrected chi connectivity index (χ4v) is 3.53. The van der Waals surface area contributed by atoms with Crippen LogP contribution < -0.4 is 10.1 Å². The van der Waals surface area contributed by atoms with Gasteiger partial charge in [0.2, 0.25) is 0 Å². The zero-order valence-corrected chi connectivity index (χ0v) is 15.9. The van der Waals surface area contributed by atoms with Crippen LogP contribution in [0.1, 0.15) is 15.9 Å². The number of methoxy groups -OCH3 is 1. The third-order valence-electron chi connectivity index (χ3n) is 3.00. The number of amides is 1. The van der Waals surface area contributed by atoms with Gasteiger partial charge in [-0.15, -0.1) is 0 Å². The molecule has 0 saturated heterocycles. The molecule has 0 unspecified atom stereocenters. The van der Waals surface area contributed by atoms with Gasteiger partial charge < -0.3 is 10.1 Å². The molecule has 0 spiro atoms. The molecule has 0 heterocycles. The second-order valence-electron chi connectivity index (χ2n) is 4.61. The van der Waals surface area contributed by atoms with Crippen LogP contribution in [-0.4, -0.2) is 13.0 Å². The summed E-state index contributed by atoms with van der Waals surface area (Å²) in [4.78, 5) is 12.4. The highest BCUT2D eigenvalue weighted by molar-refractivity contribution is 9.11.